The summed E-state index contributed by atoms with van der Waals surface area (Å²) in [6, 6.07) is 13.7. The summed E-state index contributed by atoms with van der Waals surface area (Å²) in [4.78, 5) is 45.9. The molecule has 4 heterocycles. The lowest BCUT2D eigenvalue weighted by atomic mass is 9.91. The van der Waals surface area contributed by atoms with E-state index in [-0.39, 0.29) is 56.5 Å². The van der Waals surface area contributed by atoms with Gasteiger partial charge in [-0.25, -0.2) is 14.8 Å². The van der Waals surface area contributed by atoms with Crippen molar-refractivity contribution in [3.05, 3.63) is 83.6 Å². The van der Waals surface area contributed by atoms with Crippen molar-refractivity contribution in [1.29, 1.82) is 0 Å². The molecule has 2 N–H and O–H groups in total. The lowest BCUT2D eigenvalue weighted by Crippen LogP contribution is -2.36. The first-order chi connectivity index (χ1) is 22.2. The van der Waals surface area contributed by atoms with E-state index in [1.165, 1.54) is 0 Å². The molecule has 0 radical (unpaired) electrons. The number of carbonyl (C=O) groups excluding carboxylic acids is 2. The fraction of sp³-hybridized carbons (Fsp3) is 0.421. The molecule has 4 aromatic rings. The number of nitrogens with one attached hydrogen (secondary N) is 2. The van der Waals surface area contributed by atoms with E-state index in [9.17, 15) is 9.59 Å². The summed E-state index contributed by atoms with van der Waals surface area (Å²) in [5.41, 5.74) is 5.75. The van der Waals surface area contributed by atoms with Gasteiger partial charge in [0.15, 0.2) is 0 Å². The highest BCUT2D eigenvalue weighted by Crippen LogP contribution is 2.36. The van der Waals surface area contributed by atoms with Crippen molar-refractivity contribution in [2.75, 3.05) is 13.1 Å². The molecule has 6 rings (SSSR count). The van der Waals surface area contributed by atoms with Gasteiger partial charge < -0.3 is 19.6 Å². The van der Waals surface area contributed by atoms with Gasteiger partial charge in [-0.05, 0) is 81.3 Å². The molecule has 2 atom stereocenters. The van der Waals surface area contributed by atoms with E-state index in [1.807, 2.05) is 68.1 Å². The number of aromatic amines is 2. The molecule has 11 heteroatoms. The fourth-order valence-electron chi connectivity index (χ4n) is 6.26. The van der Waals surface area contributed by atoms with Gasteiger partial charge >= 0.3 is 6.09 Å². The van der Waals surface area contributed by atoms with Crippen LogP contribution < -0.4 is 0 Å². The van der Waals surface area contributed by atoms with Gasteiger partial charge in [-0.15, -0.1) is 0 Å². The van der Waals surface area contributed by atoms with Crippen LogP contribution in [-0.2, 0) is 9.53 Å². The number of aromatic nitrogens is 4. The largest absolute Gasteiger partial charge is 0.444 e. The van der Waals surface area contributed by atoms with E-state index in [2.05, 4.69) is 54.1 Å². The van der Waals surface area contributed by atoms with Gasteiger partial charge in [0.05, 0.1) is 35.0 Å². The smallest absolute Gasteiger partial charge is 0.411 e. The molecular formula is C38H48N6O3S2. The van der Waals surface area contributed by atoms with Crippen molar-refractivity contribution in [2.24, 2.45) is 5.41 Å². The summed E-state index contributed by atoms with van der Waals surface area (Å²) in [5.74, 6) is 8.30. The molecule has 2 amide bonds. The maximum Gasteiger partial charge on any atom is 0.411 e. The van der Waals surface area contributed by atoms with Gasteiger partial charge in [-0.3, -0.25) is 9.69 Å². The zero-order valence-corrected chi connectivity index (χ0v) is 31.2. The number of ether oxygens (including phenoxy) is 1. The molecule has 0 bridgehead atoms. The van der Waals surface area contributed by atoms with E-state index in [0.29, 0.717) is 25.2 Å². The predicted molar refractivity (Wildman–Crippen MR) is 204 cm³/mol. The number of nitrogens with zero attached hydrogens (tertiary/aromatic N) is 4. The van der Waals surface area contributed by atoms with Gasteiger partial charge in [0.1, 0.15) is 17.2 Å². The Morgan fingerprint density at radius 2 is 1.63 bits per heavy atom. The maximum absolute atomic E-state index is 13.0. The van der Waals surface area contributed by atoms with E-state index in [0.717, 1.165) is 64.2 Å². The van der Waals surface area contributed by atoms with Gasteiger partial charge in [0.2, 0.25) is 5.91 Å². The van der Waals surface area contributed by atoms with Gasteiger partial charge in [-0.2, -0.15) is 27.0 Å². The average Bonchev–Trinajstić information content (AvgIpc) is 3.79. The van der Waals surface area contributed by atoms with Crippen LogP contribution in [0.25, 0.3) is 22.3 Å². The molecular weight excluding hydrogens is 653 g/mol. The molecule has 0 unspecified atom stereocenters. The quantitative estimate of drug-likeness (QED) is 0.166. The first-order valence-electron chi connectivity index (χ1n) is 16.4. The number of fused-ring (bicyclic) bond motifs is 1. The van der Waals surface area contributed by atoms with Crippen LogP contribution in [0.1, 0.15) is 102 Å². The first-order valence-corrected chi connectivity index (χ1v) is 16.4. The summed E-state index contributed by atoms with van der Waals surface area (Å²) in [5, 5.41) is 0. The van der Waals surface area contributed by atoms with Crippen LogP contribution in [0.2, 0.25) is 0 Å². The number of likely N-dealkylation sites (tertiary alicyclic amines) is 2. The van der Waals surface area contributed by atoms with Crippen LogP contribution in [0.5, 0.6) is 0 Å². The molecule has 0 aliphatic carbocycles. The van der Waals surface area contributed by atoms with E-state index >= 15 is 0 Å². The number of imidazole rings is 2. The molecule has 2 aliphatic rings. The highest BCUT2D eigenvalue weighted by atomic mass is 32.1. The second-order valence-electron chi connectivity index (χ2n) is 14.9. The van der Waals surface area contributed by atoms with Crippen LogP contribution in [0, 0.1) is 17.3 Å². The number of carbonyl (C=O) groups is 2. The second-order valence-corrected chi connectivity index (χ2v) is 14.9. The molecule has 2 saturated heterocycles. The molecule has 9 nitrogen and oxygen atoms in total. The third-order valence-electron chi connectivity index (χ3n) is 8.41. The zero-order valence-electron chi connectivity index (χ0n) is 29.2. The van der Waals surface area contributed by atoms with Gasteiger partial charge in [0.25, 0.3) is 0 Å². The van der Waals surface area contributed by atoms with Gasteiger partial charge in [0, 0.05) is 30.6 Å². The normalized spacial score (nSPS) is 17.7. The number of amides is 2. The maximum atomic E-state index is 13.0. The summed E-state index contributed by atoms with van der Waals surface area (Å²) in [7, 11) is 0. The molecule has 2 aromatic carbocycles. The van der Waals surface area contributed by atoms with E-state index in [1.54, 1.807) is 11.1 Å². The Morgan fingerprint density at radius 3 is 2.33 bits per heavy atom. The SMILES string of the molecule is C=C1C[C@@H](c2ncc(-c3ccc(C#Cc4ccc5nc([C@@H]6CCCN6C(=O)CC(C)(C)C)[nH]c5c4)cc3)[nH]2)N(C(=O)OC(C)(C)C)C1.S.S. The van der Waals surface area contributed by atoms with Crippen molar-refractivity contribution < 1.29 is 14.3 Å². The number of hydrogen-bond donors (Lipinski definition) is 2. The minimum absolute atomic E-state index is 0. The van der Waals surface area contributed by atoms with Crippen molar-refractivity contribution in [1.82, 2.24) is 29.7 Å². The van der Waals surface area contributed by atoms with Crippen LogP contribution in [0.4, 0.5) is 4.79 Å². The number of H-pyrrole nitrogens is 2. The Labute approximate surface area is 303 Å². The lowest BCUT2D eigenvalue weighted by molar-refractivity contribution is -0.134. The Bertz CT molecular complexity index is 1890. The number of benzene rings is 2. The van der Waals surface area contributed by atoms with Crippen molar-refractivity contribution in [3.63, 3.8) is 0 Å². The van der Waals surface area contributed by atoms with Crippen molar-refractivity contribution >= 4 is 50.0 Å². The highest BCUT2D eigenvalue weighted by Gasteiger charge is 2.37. The van der Waals surface area contributed by atoms with Gasteiger partial charge in [-0.1, -0.05) is 56.9 Å². The average molecular weight is 701 g/mol. The highest BCUT2D eigenvalue weighted by molar-refractivity contribution is 7.59. The molecule has 0 saturated carbocycles. The third kappa shape index (κ3) is 8.91. The third-order valence-corrected chi connectivity index (χ3v) is 8.41. The Kier molecular flexibility index (Phi) is 11.4. The van der Waals surface area contributed by atoms with E-state index in [4.69, 9.17) is 9.72 Å². The first kappa shape index (κ1) is 37.7. The minimum atomic E-state index is -0.578. The number of rotatable bonds is 4. The zero-order chi connectivity index (χ0) is 33.5. The molecule has 49 heavy (non-hydrogen) atoms. The predicted octanol–water partition coefficient (Wildman–Crippen LogP) is 7.92. The van der Waals surface area contributed by atoms with Crippen LogP contribution in [-0.4, -0.2) is 60.4 Å². The lowest BCUT2D eigenvalue weighted by Gasteiger charge is -2.27. The monoisotopic (exact) mass is 700 g/mol. The molecule has 2 aromatic heterocycles. The van der Waals surface area contributed by atoms with Crippen LogP contribution >= 0.6 is 27.0 Å². The summed E-state index contributed by atoms with van der Waals surface area (Å²) >= 11 is 0. The van der Waals surface area contributed by atoms with Crippen LogP contribution in [0.15, 0.2) is 60.8 Å². The fourth-order valence-corrected chi connectivity index (χ4v) is 6.26. The topological polar surface area (TPSA) is 107 Å². The second kappa shape index (κ2) is 14.8. The van der Waals surface area contributed by atoms with E-state index < -0.39 is 5.60 Å². The molecule has 2 aliphatic heterocycles. The summed E-state index contributed by atoms with van der Waals surface area (Å²) < 4.78 is 5.62. The Morgan fingerprint density at radius 1 is 0.939 bits per heavy atom. The summed E-state index contributed by atoms with van der Waals surface area (Å²) in [6.07, 6.45) is 4.50. The van der Waals surface area contributed by atoms with Crippen molar-refractivity contribution in [3.8, 4) is 23.1 Å². The molecule has 2 fully saturated rings. The Balaban J connectivity index is 0.00000270. The Hall–Kier alpha value is -4.14. The summed E-state index contributed by atoms with van der Waals surface area (Å²) in [6.45, 7) is 17.2. The van der Waals surface area contributed by atoms with Crippen molar-refractivity contribution in [2.45, 2.75) is 84.9 Å². The molecule has 260 valence electrons. The molecule has 0 spiro atoms. The number of hydrogen-bond acceptors (Lipinski definition) is 5. The standard InChI is InChI=1S/C38H44N6O3.2H2S/c1-24-19-32(44(23-24)36(46)47-38(5,6)7)34-39-22-30(42-34)27-15-12-25(13-16-27)10-11-26-14-17-28-29(20-26)41-35(40-28)31-9-8-18-43(31)33(45)21-37(2,3)4;;/h12-17,20,22,31-32H,1,8-9,18-19,21,23H2,2-7H3,(H,39,42)(H,40,41);2*1H2/t31-,32-;;/m0../s1. The minimum Gasteiger partial charge on any atom is -0.444 e. The van der Waals surface area contributed by atoms with Crippen LogP contribution in [0.3, 0.4) is 0 Å².